The quantitative estimate of drug-likeness (QED) is 0.491. The minimum absolute atomic E-state index is 0.112. The lowest BCUT2D eigenvalue weighted by molar-refractivity contribution is -0.419. The summed E-state index contributed by atoms with van der Waals surface area (Å²) in [5.41, 5.74) is 0.152. The van der Waals surface area contributed by atoms with Gasteiger partial charge in [0.1, 0.15) is 0 Å². The van der Waals surface area contributed by atoms with E-state index in [0.29, 0.717) is 19.6 Å². The van der Waals surface area contributed by atoms with E-state index in [1.54, 1.807) is 12.2 Å². The van der Waals surface area contributed by atoms with E-state index in [4.69, 9.17) is 9.47 Å². The van der Waals surface area contributed by atoms with Crippen LogP contribution < -0.4 is 0 Å². The van der Waals surface area contributed by atoms with E-state index in [0.717, 1.165) is 0 Å². The number of hydrogen-bond acceptors (Lipinski definition) is 4. The lowest BCUT2D eigenvalue weighted by Crippen LogP contribution is -2.21. The molecule has 1 fully saturated rings. The van der Waals surface area contributed by atoms with Crippen LogP contribution in [0.3, 0.4) is 0 Å². The number of ether oxygens (including phenoxy) is 2. The highest BCUT2D eigenvalue weighted by Gasteiger charge is 2.27. The Balaban J connectivity index is 1.96. The maximum atomic E-state index is 10.4. The van der Waals surface area contributed by atoms with Gasteiger partial charge in [-0.25, -0.2) is 0 Å². The van der Waals surface area contributed by atoms with Gasteiger partial charge in [-0.15, -0.1) is 0 Å². The summed E-state index contributed by atoms with van der Waals surface area (Å²) in [7, 11) is 0. The molecular weight excluding hydrogens is 186 g/mol. The van der Waals surface area contributed by atoms with Crippen LogP contribution in [0.15, 0.2) is 23.9 Å². The van der Waals surface area contributed by atoms with Crippen molar-refractivity contribution in [1.29, 1.82) is 0 Å². The van der Waals surface area contributed by atoms with Crippen molar-refractivity contribution in [1.82, 2.24) is 0 Å². The summed E-state index contributed by atoms with van der Waals surface area (Å²) in [6, 6.07) is 0. The highest BCUT2D eigenvalue weighted by atomic mass is 16.7. The van der Waals surface area contributed by atoms with E-state index >= 15 is 0 Å². The van der Waals surface area contributed by atoms with Gasteiger partial charge in [-0.2, -0.15) is 0 Å². The van der Waals surface area contributed by atoms with Crippen LogP contribution in [-0.2, 0) is 9.47 Å². The van der Waals surface area contributed by atoms with Gasteiger partial charge in [0, 0.05) is 12.0 Å². The molecule has 1 aliphatic carbocycles. The summed E-state index contributed by atoms with van der Waals surface area (Å²) >= 11 is 0. The number of nitrogens with zero attached hydrogens (tertiary/aromatic N) is 1. The van der Waals surface area contributed by atoms with Crippen molar-refractivity contribution in [3.05, 3.63) is 34.0 Å². The predicted molar refractivity (Wildman–Crippen MR) is 48.0 cm³/mol. The van der Waals surface area contributed by atoms with Crippen LogP contribution in [-0.4, -0.2) is 24.4 Å². The zero-order valence-electron chi connectivity index (χ0n) is 7.59. The van der Waals surface area contributed by atoms with E-state index in [1.807, 2.05) is 0 Å². The zero-order valence-corrected chi connectivity index (χ0v) is 7.59. The van der Waals surface area contributed by atoms with Crippen molar-refractivity contribution in [2.75, 3.05) is 13.2 Å². The Labute approximate surface area is 81.1 Å². The molecule has 2 aliphatic rings. The van der Waals surface area contributed by atoms with Gasteiger partial charge in [0.2, 0.25) is 0 Å². The van der Waals surface area contributed by atoms with E-state index < -0.39 is 0 Å². The Morgan fingerprint density at radius 3 is 2.64 bits per heavy atom. The van der Waals surface area contributed by atoms with Gasteiger partial charge in [0.15, 0.2) is 6.29 Å². The second kappa shape index (κ2) is 3.89. The zero-order chi connectivity index (χ0) is 9.97. The summed E-state index contributed by atoms with van der Waals surface area (Å²) in [6.07, 6.45) is 5.29. The third kappa shape index (κ3) is 1.83. The van der Waals surface area contributed by atoms with Crippen LogP contribution in [0, 0.1) is 16.0 Å². The van der Waals surface area contributed by atoms with Crippen molar-refractivity contribution in [2.24, 2.45) is 5.92 Å². The third-order valence-electron chi connectivity index (χ3n) is 2.32. The molecule has 5 nitrogen and oxygen atoms in total. The fraction of sp³-hybridized carbons (Fsp3) is 0.556. The fourth-order valence-corrected chi connectivity index (χ4v) is 1.59. The molecule has 0 bridgehead atoms. The first-order valence-corrected chi connectivity index (χ1v) is 4.53. The van der Waals surface area contributed by atoms with E-state index in [9.17, 15) is 10.1 Å². The monoisotopic (exact) mass is 197 g/mol. The minimum Gasteiger partial charge on any atom is -0.350 e. The topological polar surface area (TPSA) is 61.6 Å². The molecule has 0 spiro atoms. The van der Waals surface area contributed by atoms with Crippen LogP contribution in [0.1, 0.15) is 6.42 Å². The molecule has 0 aromatic carbocycles. The number of hydrogen-bond donors (Lipinski definition) is 0. The summed E-state index contributed by atoms with van der Waals surface area (Å²) < 4.78 is 10.6. The third-order valence-corrected chi connectivity index (χ3v) is 2.32. The van der Waals surface area contributed by atoms with E-state index in [-0.39, 0.29) is 22.8 Å². The molecule has 76 valence electrons. The van der Waals surface area contributed by atoms with Gasteiger partial charge in [0.25, 0.3) is 5.70 Å². The predicted octanol–water partition coefficient (Wildman–Crippen LogP) is 1.10. The SMILES string of the molecule is O=[N+]([O-])C1=CCC(C2OCCO2)C=C1. The Hall–Kier alpha value is -1.20. The maximum absolute atomic E-state index is 10.4. The molecule has 1 heterocycles. The highest BCUT2D eigenvalue weighted by molar-refractivity contribution is 5.17. The Morgan fingerprint density at radius 2 is 2.14 bits per heavy atom. The molecule has 1 unspecified atom stereocenters. The van der Waals surface area contributed by atoms with Crippen LogP contribution in [0.2, 0.25) is 0 Å². The molecule has 1 aliphatic heterocycles. The lowest BCUT2D eigenvalue weighted by Gasteiger charge is -2.18. The summed E-state index contributed by atoms with van der Waals surface area (Å²) in [5, 5.41) is 10.4. The Morgan fingerprint density at radius 1 is 1.43 bits per heavy atom. The molecule has 14 heavy (non-hydrogen) atoms. The average Bonchev–Trinajstić information content (AvgIpc) is 2.71. The molecule has 0 amide bonds. The van der Waals surface area contributed by atoms with Crippen LogP contribution in [0.5, 0.6) is 0 Å². The van der Waals surface area contributed by atoms with Gasteiger partial charge in [0.05, 0.1) is 18.1 Å². The van der Waals surface area contributed by atoms with Gasteiger partial charge >= 0.3 is 0 Å². The smallest absolute Gasteiger partial charge is 0.265 e. The molecule has 0 saturated carbocycles. The molecule has 0 aromatic heterocycles. The van der Waals surface area contributed by atoms with Crippen molar-refractivity contribution < 1.29 is 14.4 Å². The number of nitro groups is 1. The molecule has 0 aromatic rings. The Bertz CT molecular complexity index is 291. The van der Waals surface area contributed by atoms with Crippen molar-refractivity contribution in [3.8, 4) is 0 Å². The largest absolute Gasteiger partial charge is 0.350 e. The number of allylic oxidation sites excluding steroid dienone is 2. The van der Waals surface area contributed by atoms with Crippen molar-refractivity contribution in [3.63, 3.8) is 0 Å². The maximum Gasteiger partial charge on any atom is 0.265 e. The molecule has 1 saturated heterocycles. The summed E-state index contributed by atoms with van der Waals surface area (Å²) in [4.78, 5) is 10.0. The molecule has 0 radical (unpaired) electrons. The second-order valence-corrected chi connectivity index (χ2v) is 3.25. The minimum atomic E-state index is -0.386. The Kier molecular flexibility index (Phi) is 2.60. The van der Waals surface area contributed by atoms with Crippen LogP contribution >= 0.6 is 0 Å². The lowest BCUT2D eigenvalue weighted by atomic mass is 9.99. The van der Waals surface area contributed by atoms with Crippen molar-refractivity contribution >= 4 is 0 Å². The average molecular weight is 197 g/mol. The van der Waals surface area contributed by atoms with E-state index in [1.165, 1.54) is 6.08 Å². The van der Waals surface area contributed by atoms with Gasteiger partial charge in [-0.1, -0.05) is 6.08 Å². The highest BCUT2D eigenvalue weighted by Crippen LogP contribution is 2.24. The van der Waals surface area contributed by atoms with Crippen molar-refractivity contribution in [2.45, 2.75) is 12.7 Å². The first-order chi connectivity index (χ1) is 6.77. The first kappa shape index (κ1) is 9.36. The normalized spacial score (nSPS) is 27.7. The molecular formula is C9H11NO4. The summed E-state index contributed by atoms with van der Waals surface area (Å²) in [6.45, 7) is 1.22. The first-order valence-electron chi connectivity index (χ1n) is 4.53. The molecule has 5 heteroatoms. The molecule has 0 N–H and O–H groups in total. The van der Waals surface area contributed by atoms with Crippen LogP contribution in [0.4, 0.5) is 0 Å². The van der Waals surface area contributed by atoms with E-state index in [2.05, 4.69) is 0 Å². The molecule has 2 rings (SSSR count). The second-order valence-electron chi connectivity index (χ2n) is 3.25. The number of rotatable bonds is 2. The summed E-state index contributed by atoms with van der Waals surface area (Å²) in [5.74, 6) is 0.112. The standard InChI is InChI=1S/C9H11NO4/c11-10(12)8-3-1-7(2-4-8)9-13-5-6-14-9/h1,3-4,7,9H,2,5-6H2. The van der Waals surface area contributed by atoms with Gasteiger partial charge in [-0.05, 0) is 12.5 Å². The fourth-order valence-electron chi connectivity index (χ4n) is 1.59. The van der Waals surface area contributed by atoms with Gasteiger partial charge < -0.3 is 9.47 Å². The van der Waals surface area contributed by atoms with Crippen LogP contribution in [0.25, 0.3) is 0 Å². The van der Waals surface area contributed by atoms with Gasteiger partial charge in [-0.3, -0.25) is 10.1 Å². The molecule has 1 atom stereocenters.